The van der Waals surface area contributed by atoms with Crippen LogP contribution in [-0.4, -0.2) is 15.6 Å². The number of nitrogens with zero attached hydrogens (tertiary/aromatic N) is 2. The van der Waals surface area contributed by atoms with E-state index in [9.17, 15) is 19.6 Å². The Balaban J connectivity index is 2.24. The fourth-order valence-electron chi connectivity index (χ4n) is 3.53. The van der Waals surface area contributed by atoms with Gasteiger partial charge in [-0.15, -0.1) is 4.91 Å². The van der Waals surface area contributed by atoms with E-state index in [1.54, 1.807) is 6.07 Å². The van der Waals surface area contributed by atoms with Gasteiger partial charge in [-0.05, 0) is 36.5 Å². The van der Waals surface area contributed by atoms with Crippen molar-refractivity contribution >= 4 is 5.91 Å². The number of fused-ring (bicyclic) bond motifs is 3. The third-order valence-corrected chi connectivity index (χ3v) is 4.81. The van der Waals surface area contributed by atoms with Crippen LogP contribution >= 0.6 is 0 Å². The molecule has 6 heteroatoms. The molecule has 1 N–H and O–H groups in total. The normalized spacial score (nSPS) is 15.4. The fraction of sp³-hybridized carbons (Fsp3) is 0.368. The number of aromatic hydroxyl groups is 1. The van der Waals surface area contributed by atoms with Crippen molar-refractivity contribution in [1.29, 1.82) is 0 Å². The second kappa shape index (κ2) is 6.63. The van der Waals surface area contributed by atoms with E-state index < -0.39 is 11.3 Å². The number of phenolic OH excluding ortho intramolecular Hbond substituents is 1. The lowest BCUT2D eigenvalue weighted by atomic mass is 9.88. The van der Waals surface area contributed by atoms with Crippen LogP contribution in [0.3, 0.4) is 0 Å². The third kappa shape index (κ3) is 2.88. The van der Waals surface area contributed by atoms with E-state index in [1.807, 2.05) is 17.6 Å². The summed E-state index contributed by atoms with van der Waals surface area (Å²) in [6.45, 7) is 4.09. The number of hydrogen-bond acceptors (Lipinski definition) is 4. The number of benzene rings is 1. The lowest BCUT2D eigenvalue weighted by molar-refractivity contribution is 0.0999. The first-order chi connectivity index (χ1) is 12.0. The smallest absolute Gasteiger partial charge is 0.322 e. The van der Waals surface area contributed by atoms with Gasteiger partial charge in [0, 0.05) is 29.0 Å². The predicted molar refractivity (Wildman–Crippen MR) is 95.0 cm³/mol. The molecule has 1 atom stereocenters. The Morgan fingerprint density at radius 1 is 1.32 bits per heavy atom. The van der Waals surface area contributed by atoms with E-state index in [2.05, 4.69) is 12.1 Å². The average molecular weight is 340 g/mol. The quantitative estimate of drug-likeness (QED) is 0.861. The summed E-state index contributed by atoms with van der Waals surface area (Å²) in [5, 5.41) is 12.7. The predicted octanol–water partition coefficient (Wildman–Crippen LogP) is 3.59. The maximum Gasteiger partial charge on any atom is 0.322 e. The first-order valence-corrected chi connectivity index (χ1v) is 8.49. The number of aromatic nitrogens is 1. The molecule has 2 heterocycles. The maximum atomic E-state index is 12.3. The van der Waals surface area contributed by atoms with Crippen LogP contribution in [0.4, 0.5) is 0 Å². The van der Waals surface area contributed by atoms with Crippen molar-refractivity contribution in [3.05, 3.63) is 56.2 Å². The van der Waals surface area contributed by atoms with E-state index in [0.717, 1.165) is 42.4 Å². The van der Waals surface area contributed by atoms with Crippen molar-refractivity contribution in [1.82, 2.24) is 4.57 Å². The molecule has 0 spiro atoms. The van der Waals surface area contributed by atoms with Crippen molar-refractivity contribution in [3.63, 3.8) is 0 Å². The summed E-state index contributed by atoms with van der Waals surface area (Å²) in [5.74, 6) is -0.841. The number of phenols is 1. The molecule has 130 valence electrons. The zero-order valence-electron chi connectivity index (χ0n) is 14.3. The number of hydrogen-bond donors (Lipinski definition) is 1. The van der Waals surface area contributed by atoms with Crippen LogP contribution in [0.25, 0.3) is 11.3 Å². The van der Waals surface area contributed by atoms with E-state index in [1.165, 1.54) is 12.3 Å². The summed E-state index contributed by atoms with van der Waals surface area (Å²) in [7, 11) is 0. The zero-order valence-corrected chi connectivity index (χ0v) is 14.3. The molecule has 1 amide bonds. The van der Waals surface area contributed by atoms with Gasteiger partial charge in [0.15, 0.2) is 5.43 Å². The van der Waals surface area contributed by atoms with Gasteiger partial charge in [-0.3, -0.25) is 9.59 Å². The number of amides is 1. The van der Waals surface area contributed by atoms with Gasteiger partial charge in [-0.1, -0.05) is 26.3 Å². The molecule has 0 fully saturated rings. The van der Waals surface area contributed by atoms with Gasteiger partial charge in [0.2, 0.25) is 0 Å². The number of rotatable bonds is 4. The van der Waals surface area contributed by atoms with Crippen LogP contribution in [0.1, 0.15) is 54.2 Å². The molecule has 0 bridgehead atoms. The average Bonchev–Trinajstić information content (AvgIpc) is 2.61. The highest BCUT2D eigenvalue weighted by atomic mass is 16.3. The minimum atomic E-state index is -1.05. The molecule has 0 saturated heterocycles. The van der Waals surface area contributed by atoms with Crippen LogP contribution in [-0.2, 0) is 12.8 Å². The van der Waals surface area contributed by atoms with Crippen LogP contribution in [0.15, 0.2) is 34.4 Å². The molecular weight excluding hydrogens is 320 g/mol. The highest BCUT2D eigenvalue weighted by molar-refractivity contribution is 5.94. The molecule has 1 aromatic heterocycles. The fourth-order valence-corrected chi connectivity index (χ4v) is 3.53. The largest absolute Gasteiger partial charge is 0.508 e. The molecule has 6 nitrogen and oxygen atoms in total. The van der Waals surface area contributed by atoms with Gasteiger partial charge in [0.1, 0.15) is 11.3 Å². The van der Waals surface area contributed by atoms with Crippen LogP contribution in [0.2, 0.25) is 0 Å². The van der Waals surface area contributed by atoms with Gasteiger partial charge in [0.25, 0.3) is 0 Å². The molecule has 0 aliphatic carbocycles. The standard InChI is InChI=1S/C19H20N2O4/c1-3-5-11-6-12-7-13(4-2)21-10-15(19(24)20-25)18(23)9-16(21)14(12)8-17(11)22/h6,8-10,13,22H,3-5,7H2,1-2H3. The molecular formula is C19H20N2O4. The van der Waals surface area contributed by atoms with Gasteiger partial charge in [0.05, 0.1) is 5.69 Å². The topological polar surface area (TPSA) is 88.7 Å². The lowest BCUT2D eigenvalue weighted by Crippen LogP contribution is -2.25. The van der Waals surface area contributed by atoms with Crippen molar-refractivity contribution in [2.75, 3.05) is 0 Å². The number of carbonyl (C=O) groups is 1. The lowest BCUT2D eigenvalue weighted by Gasteiger charge is -2.30. The highest BCUT2D eigenvalue weighted by Crippen LogP contribution is 2.39. The van der Waals surface area contributed by atoms with Gasteiger partial charge < -0.3 is 9.67 Å². The molecule has 0 radical (unpaired) electrons. The molecule has 1 aliphatic heterocycles. The van der Waals surface area contributed by atoms with Crippen LogP contribution < -0.4 is 5.43 Å². The molecule has 1 aliphatic rings. The summed E-state index contributed by atoms with van der Waals surface area (Å²) in [6.07, 6.45) is 4.70. The van der Waals surface area contributed by atoms with Crippen LogP contribution in [0, 0.1) is 4.91 Å². The van der Waals surface area contributed by atoms with E-state index in [0.29, 0.717) is 5.69 Å². The van der Waals surface area contributed by atoms with Crippen LogP contribution in [0.5, 0.6) is 5.75 Å². The number of pyridine rings is 1. The number of aryl methyl sites for hydroxylation is 1. The Morgan fingerprint density at radius 3 is 2.72 bits per heavy atom. The Kier molecular flexibility index (Phi) is 4.53. The first kappa shape index (κ1) is 17.1. The summed E-state index contributed by atoms with van der Waals surface area (Å²) in [6, 6.07) is 5.13. The SMILES string of the molecule is CCCc1cc2c(cc1O)-c1cc(=O)c(C(=O)N=O)cn1C(CC)C2. The monoisotopic (exact) mass is 340 g/mol. The van der Waals surface area contributed by atoms with Gasteiger partial charge in [-0.2, -0.15) is 0 Å². The first-order valence-electron chi connectivity index (χ1n) is 8.49. The second-order valence-corrected chi connectivity index (χ2v) is 6.39. The molecule has 1 unspecified atom stereocenters. The van der Waals surface area contributed by atoms with Gasteiger partial charge in [-0.25, -0.2) is 0 Å². The maximum absolute atomic E-state index is 12.3. The molecule has 25 heavy (non-hydrogen) atoms. The summed E-state index contributed by atoms with van der Waals surface area (Å²) >= 11 is 0. The Bertz CT molecular complexity index is 914. The molecule has 3 rings (SSSR count). The Hall–Kier alpha value is -2.76. The van der Waals surface area contributed by atoms with Crippen molar-refractivity contribution in [2.24, 2.45) is 5.18 Å². The minimum absolute atomic E-state index is 0.0697. The summed E-state index contributed by atoms with van der Waals surface area (Å²) in [4.78, 5) is 34.4. The molecule has 2 aromatic rings. The Morgan fingerprint density at radius 2 is 2.08 bits per heavy atom. The van der Waals surface area contributed by atoms with Crippen molar-refractivity contribution in [2.45, 2.75) is 45.6 Å². The second-order valence-electron chi connectivity index (χ2n) is 6.39. The van der Waals surface area contributed by atoms with Gasteiger partial charge >= 0.3 is 5.91 Å². The minimum Gasteiger partial charge on any atom is -0.508 e. The Labute approximate surface area is 145 Å². The summed E-state index contributed by atoms with van der Waals surface area (Å²) in [5.41, 5.74) is 2.68. The number of nitroso groups, excluding NO2 is 1. The highest BCUT2D eigenvalue weighted by Gasteiger charge is 2.26. The number of carbonyl (C=O) groups excluding carboxylic acids is 1. The van der Waals surface area contributed by atoms with E-state index in [-0.39, 0.29) is 17.4 Å². The van der Waals surface area contributed by atoms with E-state index in [4.69, 9.17) is 0 Å². The molecule has 0 saturated carbocycles. The third-order valence-electron chi connectivity index (χ3n) is 4.81. The van der Waals surface area contributed by atoms with Crippen molar-refractivity contribution in [3.8, 4) is 17.0 Å². The summed E-state index contributed by atoms with van der Waals surface area (Å²) < 4.78 is 1.85. The van der Waals surface area contributed by atoms with E-state index >= 15 is 0 Å². The molecule has 1 aromatic carbocycles. The van der Waals surface area contributed by atoms with Crippen molar-refractivity contribution < 1.29 is 9.90 Å². The zero-order chi connectivity index (χ0) is 18.1.